The van der Waals surface area contributed by atoms with Crippen molar-refractivity contribution in [3.05, 3.63) is 70.2 Å². The third kappa shape index (κ3) is 3.20. The highest BCUT2D eigenvalue weighted by Crippen LogP contribution is 2.26. The van der Waals surface area contributed by atoms with Gasteiger partial charge in [0.25, 0.3) is 5.91 Å². The molecule has 0 spiro atoms. The molecule has 0 saturated carbocycles. The smallest absolute Gasteiger partial charge is 0.254 e. The summed E-state index contributed by atoms with van der Waals surface area (Å²) in [5, 5.41) is 3.99. The van der Waals surface area contributed by atoms with Crippen LogP contribution in [0.3, 0.4) is 0 Å². The molecule has 134 valence electrons. The first kappa shape index (κ1) is 17.1. The van der Waals surface area contributed by atoms with E-state index in [1.165, 1.54) is 0 Å². The number of fused-ring (bicyclic) bond motifs is 1. The van der Waals surface area contributed by atoms with Crippen molar-refractivity contribution in [3.63, 3.8) is 0 Å². The Balaban J connectivity index is 1.51. The van der Waals surface area contributed by atoms with Crippen LogP contribution in [0.25, 0.3) is 0 Å². The number of nitrogens with zero attached hydrogens (tertiary/aromatic N) is 2. The zero-order chi connectivity index (χ0) is 18.1. The fourth-order valence-corrected chi connectivity index (χ4v) is 3.91. The molecule has 0 bridgehead atoms. The Labute approximate surface area is 157 Å². The number of amides is 2. The Morgan fingerprint density at radius 1 is 1.19 bits per heavy atom. The maximum absolute atomic E-state index is 13.0. The SMILES string of the molecule is O=C1c2ccccc2CN1CC(=O)N1CCNCC1c1cccc(Cl)c1. The third-order valence-electron chi connectivity index (χ3n) is 5.02. The van der Waals surface area contributed by atoms with Crippen molar-refractivity contribution in [2.75, 3.05) is 26.2 Å². The summed E-state index contributed by atoms with van der Waals surface area (Å²) in [7, 11) is 0. The van der Waals surface area contributed by atoms with Gasteiger partial charge >= 0.3 is 0 Å². The third-order valence-corrected chi connectivity index (χ3v) is 5.25. The first-order chi connectivity index (χ1) is 12.6. The van der Waals surface area contributed by atoms with Crippen molar-refractivity contribution in [1.29, 1.82) is 0 Å². The second kappa shape index (κ2) is 7.09. The first-order valence-corrected chi connectivity index (χ1v) is 9.14. The lowest BCUT2D eigenvalue weighted by Crippen LogP contribution is -2.51. The molecular formula is C20H20ClN3O2. The molecule has 0 aromatic heterocycles. The van der Waals surface area contributed by atoms with Gasteiger partial charge in [0, 0.05) is 36.8 Å². The predicted octanol–water partition coefficient (Wildman–Crippen LogP) is 2.47. The number of nitrogens with one attached hydrogen (secondary N) is 1. The van der Waals surface area contributed by atoms with E-state index in [9.17, 15) is 9.59 Å². The van der Waals surface area contributed by atoms with Crippen molar-refractivity contribution in [1.82, 2.24) is 15.1 Å². The van der Waals surface area contributed by atoms with E-state index in [4.69, 9.17) is 11.6 Å². The predicted molar refractivity (Wildman–Crippen MR) is 100.0 cm³/mol. The highest BCUT2D eigenvalue weighted by atomic mass is 35.5. The average Bonchev–Trinajstić information content (AvgIpc) is 2.98. The zero-order valence-electron chi connectivity index (χ0n) is 14.3. The van der Waals surface area contributed by atoms with Gasteiger partial charge in [0.2, 0.25) is 5.91 Å². The molecule has 2 aromatic rings. The van der Waals surface area contributed by atoms with E-state index in [1.54, 1.807) is 4.90 Å². The van der Waals surface area contributed by atoms with Crippen LogP contribution in [0, 0.1) is 0 Å². The van der Waals surface area contributed by atoms with Crippen molar-refractivity contribution >= 4 is 23.4 Å². The van der Waals surface area contributed by atoms with E-state index in [1.807, 2.05) is 53.4 Å². The maximum atomic E-state index is 13.0. The van der Waals surface area contributed by atoms with E-state index in [2.05, 4.69) is 5.32 Å². The van der Waals surface area contributed by atoms with E-state index >= 15 is 0 Å². The Hall–Kier alpha value is -2.37. The summed E-state index contributed by atoms with van der Waals surface area (Å²) < 4.78 is 0. The molecule has 1 saturated heterocycles. The van der Waals surface area contributed by atoms with Crippen LogP contribution in [0.1, 0.15) is 27.5 Å². The molecule has 5 nitrogen and oxygen atoms in total. The number of hydrogen-bond acceptors (Lipinski definition) is 3. The Morgan fingerprint density at radius 3 is 2.85 bits per heavy atom. The summed E-state index contributed by atoms with van der Waals surface area (Å²) in [6, 6.07) is 15.1. The topological polar surface area (TPSA) is 52.7 Å². The molecule has 2 heterocycles. The van der Waals surface area contributed by atoms with Crippen molar-refractivity contribution in [2.45, 2.75) is 12.6 Å². The Bertz CT molecular complexity index is 854. The number of piperazine rings is 1. The van der Waals surface area contributed by atoms with Crippen molar-refractivity contribution in [3.8, 4) is 0 Å². The van der Waals surface area contributed by atoms with Gasteiger partial charge < -0.3 is 15.1 Å². The zero-order valence-corrected chi connectivity index (χ0v) is 15.1. The number of carbonyl (C=O) groups is 2. The van der Waals surface area contributed by atoms with Crippen LogP contribution in [0.15, 0.2) is 48.5 Å². The summed E-state index contributed by atoms with van der Waals surface area (Å²) in [5.41, 5.74) is 2.69. The molecule has 1 unspecified atom stereocenters. The number of hydrogen-bond donors (Lipinski definition) is 1. The molecule has 1 fully saturated rings. The minimum Gasteiger partial charge on any atom is -0.332 e. The van der Waals surface area contributed by atoms with Gasteiger partial charge in [-0.1, -0.05) is 41.9 Å². The molecule has 2 aromatic carbocycles. The van der Waals surface area contributed by atoms with Crippen LogP contribution in [0.5, 0.6) is 0 Å². The summed E-state index contributed by atoms with van der Waals surface area (Å²) in [5.74, 6) is -0.0963. The standard InChI is InChI=1S/C20H20ClN3O2/c21-16-6-3-5-14(10-16)18-11-22-8-9-24(18)19(25)13-23-12-15-4-1-2-7-17(15)20(23)26/h1-7,10,18,22H,8-9,11-13H2. The lowest BCUT2D eigenvalue weighted by Gasteiger charge is -2.37. The molecule has 2 aliphatic rings. The van der Waals surface area contributed by atoms with Gasteiger partial charge in [-0.25, -0.2) is 0 Å². The summed E-state index contributed by atoms with van der Waals surface area (Å²) in [6.07, 6.45) is 0. The van der Waals surface area contributed by atoms with Crippen molar-refractivity contribution < 1.29 is 9.59 Å². The minimum atomic E-state index is -0.0740. The number of halogens is 1. The molecule has 4 rings (SSSR count). The van der Waals surface area contributed by atoms with E-state index in [0.717, 1.165) is 17.7 Å². The quantitative estimate of drug-likeness (QED) is 0.904. The molecule has 1 atom stereocenters. The fourth-order valence-electron chi connectivity index (χ4n) is 3.71. The molecule has 1 N–H and O–H groups in total. The van der Waals surface area contributed by atoms with Gasteiger partial charge in [-0.05, 0) is 29.3 Å². The Kier molecular flexibility index (Phi) is 4.66. The largest absolute Gasteiger partial charge is 0.332 e. The first-order valence-electron chi connectivity index (χ1n) is 8.76. The van der Waals surface area contributed by atoms with Crippen molar-refractivity contribution in [2.24, 2.45) is 0 Å². The van der Waals surface area contributed by atoms with Crippen LogP contribution in [0.2, 0.25) is 5.02 Å². The summed E-state index contributed by atoms with van der Waals surface area (Å²) >= 11 is 6.12. The van der Waals surface area contributed by atoms with Gasteiger partial charge in [-0.15, -0.1) is 0 Å². The molecule has 2 aliphatic heterocycles. The van der Waals surface area contributed by atoms with Crippen LogP contribution in [0.4, 0.5) is 0 Å². The lowest BCUT2D eigenvalue weighted by molar-refractivity contribution is -0.135. The highest BCUT2D eigenvalue weighted by Gasteiger charge is 2.33. The second-order valence-corrected chi connectivity index (χ2v) is 7.12. The van der Waals surface area contributed by atoms with Gasteiger partial charge in [0.15, 0.2) is 0 Å². The molecule has 0 radical (unpaired) electrons. The second-order valence-electron chi connectivity index (χ2n) is 6.68. The minimum absolute atomic E-state index is 0.0300. The van der Waals surface area contributed by atoms with Crippen LogP contribution < -0.4 is 5.32 Å². The van der Waals surface area contributed by atoms with Crippen LogP contribution in [-0.4, -0.2) is 47.8 Å². The van der Waals surface area contributed by atoms with E-state index in [0.29, 0.717) is 30.2 Å². The maximum Gasteiger partial charge on any atom is 0.254 e. The normalized spacial score (nSPS) is 19.6. The number of benzene rings is 2. The molecular weight excluding hydrogens is 350 g/mol. The average molecular weight is 370 g/mol. The monoisotopic (exact) mass is 369 g/mol. The molecule has 6 heteroatoms. The number of rotatable bonds is 3. The molecule has 26 heavy (non-hydrogen) atoms. The van der Waals surface area contributed by atoms with Gasteiger partial charge in [0.1, 0.15) is 6.54 Å². The molecule has 2 amide bonds. The number of carbonyl (C=O) groups excluding carboxylic acids is 2. The van der Waals surface area contributed by atoms with E-state index < -0.39 is 0 Å². The Morgan fingerprint density at radius 2 is 2.04 bits per heavy atom. The summed E-state index contributed by atoms with van der Waals surface area (Å²) in [4.78, 5) is 29.0. The molecule has 0 aliphatic carbocycles. The lowest BCUT2D eigenvalue weighted by atomic mass is 10.0. The highest BCUT2D eigenvalue weighted by molar-refractivity contribution is 6.30. The van der Waals surface area contributed by atoms with Gasteiger partial charge in [-0.3, -0.25) is 9.59 Å². The van der Waals surface area contributed by atoms with Gasteiger partial charge in [-0.2, -0.15) is 0 Å². The fraction of sp³-hybridized carbons (Fsp3) is 0.300. The van der Waals surface area contributed by atoms with Crippen LogP contribution >= 0.6 is 11.6 Å². The van der Waals surface area contributed by atoms with E-state index in [-0.39, 0.29) is 24.4 Å². The van der Waals surface area contributed by atoms with Gasteiger partial charge in [0.05, 0.1) is 6.04 Å². The summed E-state index contributed by atoms with van der Waals surface area (Å²) in [6.45, 7) is 2.64. The van der Waals surface area contributed by atoms with Crippen LogP contribution in [-0.2, 0) is 11.3 Å².